The van der Waals surface area contributed by atoms with E-state index in [1.54, 1.807) is 7.05 Å². The van der Waals surface area contributed by atoms with Gasteiger partial charge in [0.15, 0.2) is 0 Å². The topological polar surface area (TPSA) is 12.0 Å². The molecule has 0 aliphatic heterocycles. The molecule has 0 saturated carbocycles. The first-order chi connectivity index (χ1) is 4.27. The van der Waals surface area contributed by atoms with Gasteiger partial charge in [0, 0.05) is 7.05 Å². The molecule has 1 N–H and O–H groups in total. The van der Waals surface area contributed by atoms with Crippen LogP contribution in [0.15, 0.2) is 24.7 Å². The second-order valence-corrected chi connectivity index (χ2v) is 1.07. The van der Waals surface area contributed by atoms with Crippen LogP contribution in [0.4, 0.5) is 4.39 Å². The van der Waals surface area contributed by atoms with Crippen LogP contribution < -0.4 is 5.32 Å². The fourth-order valence-corrected chi connectivity index (χ4v) is 0.174. The monoisotopic (exact) mass is 131 g/mol. The van der Waals surface area contributed by atoms with Gasteiger partial charge in [-0.05, 0) is 12.3 Å². The number of hydrogen-bond acceptors (Lipinski definition) is 1. The Kier molecular flexibility index (Phi) is 12.6. The minimum absolute atomic E-state index is 0.436. The maximum atomic E-state index is 11.6. The standard InChI is InChI=1S/C5H8FN.C2H6/c1-5(6)3-4-7-2;1-2/h3-4,7H,1H2,2H3;1-2H3/b4-3-;. The molecule has 0 aromatic carbocycles. The van der Waals surface area contributed by atoms with E-state index in [9.17, 15) is 4.39 Å². The van der Waals surface area contributed by atoms with Crippen molar-refractivity contribution in [2.75, 3.05) is 7.05 Å². The number of nitrogens with one attached hydrogen (secondary N) is 1. The molecule has 0 rings (SSSR count). The molecule has 0 aliphatic carbocycles. The molecular formula is C7H14FN. The molecule has 0 amide bonds. The molecule has 0 aromatic heterocycles. The summed E-state index contributed by atoms with van der Waals surface area (Å²) in [6.45, 7) is 7.00. The molecule has 0 bridgehead atoms. The van der Waals surface area contributed by atoms with Crippen molar-refractivity contribution in [3.63, 3.8) is 0 Å². The highest BCUT2D eigenvalue weighted by Gasteiger charge is 1.72. The first-order valence-corrected chi connectivity index (χ1v) is 2.95. The van der Waals surface area contributed by atoms with Gasteiger partial charge in [0.2, 0.25) is 0 Å². The lowest BCUT2D eigenvalue weighted by atomic mass is 10.6. The highest BCUT2D eigenvalue weighted by molar-refractivity contribution is 5.04. The van der Waals surface area contributed by atoms with Gasteiger partial charge in [0.25, 0.3) is 0 Å². The lowest BCUT2D eigenvalue weighted by Crippen LogP contribution is -1.90. The number of hydrogen-bond donors (Lipinski definition) is 1. The van der Waals surface area contributed by atoms with E-state index in [4.69, 9.17) is 0 Å². The molecule has 0 heterocycles. The van der Waals surface area contributed by atoms with Crippen LogP contribution in [-0.2, 0) is 0 Å². The summed E-state index contributed by atoms with van der Waals surface area (Å²) in [6.07, 6.45) is 2.72. The van der Waals surface area contributed by atoms with Crippen molar-refractivity contribution >= 4 is 0 Å². The minimum atomic E-state index is -0.436. The Morgan fingerprint density at radius 2 is 2.00 bits per heavy atom. The Balaban J connectivity index is 0. The van der Waals surface area contributed by atoms with Crippen LogP contribution in [0.5, 0.6) is 0 Å². The second kappa shape index (κ2) is 10.2. The van der Waals surface area contributed by atoms with Crippen molar-refractivity contribution in [1.29, 1.82) is 0 Å². The molecule has 0 atom stereocenters. The van der Waals surface area contributed by atoms with Crippen molar-refractivity contribution in [2.24, 2.45) is 0 Å². The molecule has 0 fully saturated rings. The van der Waals surface area contributed by atoms with Gasteiger partial charge in [-0.15, -0.1) is 0 Å². The Morgan fingerprint density at radius 1 is 1.56 bits per heavy atom. The van der Waals surface area contributed by atoms with E-state index in [1.165, 1.54) is 12.3 Å². The molecule has 0 spiro atoms. The Morgan fingerprint density at radius 3 is 2.11 bits per heavy atom. The smallest absolute Gasteiger partial charge is 0.117 e. The van der Waals surface area contributed by atoms with Crippen LogP contribution in [0.1, 0.15) is 13.8 Å². The third-order valence-corrected chi connectivity index (χ3v) is 0.431. The average Bonchev–Trinajstić information content (AvgIpc) is 1.88. The predicted molar refractivity (Wildman–Crippen MR) is 39.8 cm³/mol. The zero-order valence-electron chi connectivity index (χ0n) is 6.24. The highest BCUT2D eigenvalue weighted by Crippen LogP contribution is 1.88. The summed E-state index contributed by atoms with van der Waals surface area (Å²) < 4.78 is 11.6. The van der Waals surface area contributed by atoms with Crippen molar-refractivity contribution in [3.05, 3.63) is 24.7 Å². The number of halogens is 1. The molecule has 54 valence electrons. The molecule has 0 saturated heterocycles. The summed E-state index contributed by atoms with van der Waals surface area (Å²) in [5.74, 6) is -0.436. The van der Waals surface area contributed by atoms with Gasteiger partial charge in [0.1, 0.15) is 5.83 Å². The maximum absolute atomic E-state index is 11.6. The first kappa shape index (κ1) is 11.1. The van der Waals surface area contributed by atoms with Crippen molar-refractivity contribution in [3.8, 4) is 0 Å². The average molecular weight is 131 g/mol. The zero-order valence-corrected chi connectivity index (χ0v) is 6.24. The first-order valence-electron chi connectivity index (χ1n) is 2.95. The Labute approximate surface area is 56.3 Å². The molecule has 0 radical (unpaired) electrons. The lowest BCUT2D eigenvalue weighted by Gasteiger charge is -1.80. The van der Waals surface area contributed by atoms with Crippen molar-refractivity contribution in [1.82, 2.24) is 5.32 Å². The molecule has 0 aliphatic rings. The van der Waals surface area contributed by atoms with E-state index in [-0.39, 0.29) is 0 Å². The summed E-state index contributed by atoms with van der Waals surface area (Å²) in [6, 6.07) is 0. The van der Waals surface area contributed by atoms with E-state index in [0.717, 1.165) is 0 Å². The highest BCUT2D eigenvalue weighted by atomic mass is 19.1. The van der Waals surface area contributed by atoms with Gasteiger partial charge in [-0.1, -0.05) is 20.4 Å². The SMILES string of the molecule is C=C(F)/C=C\NC.CC. The normalized spacial score (nSPS) is 8.00. The van der Waals surface area contributed by atoms with E-state index < -0.39 is 5.83 Å². The number of rotatable bonds is 2. The van der Waals surface area contributed by atoms with Crippen LogP contribution in [0, 0.1) is 0 Å². The molecule has 9 heavy (non-hydrogen) atoms. The third-order valence-electron chi connectivity index (χ3n) is 0.431. The fraction of sp³-hybridized carbons (Fsp3) is 0.429. The van der Waals surface area contributed by atoms with Gasteiger partial charge >= 0.3 is 0 Å². The number of allylic oxidation sites excluding steroid dienone is 2. The fourth-order valence-electron chi connectivity index (χ4n) is 0.174. The van der Waals surface area contributed by atoms with Crippen LogP contribution in [0.3, 0.4) is 0 Å². The maximum Gasteiger partial charge on any atom is 0.117 e. The summed E-state index contributed by atoms with van der Waals surface area (Å²) in [5, 5.41) is 2.62. The van der Waals surface area contributed by atoms with E-state index in [2.05, 4.69) is 11.9 Å². The summed E-state index contributed by atoms with van der Waals surface area (Å²) in [7, 11) is 1.69. The summed E-state index contributed by atoms with van der Waals surface area (Å²) >= 11 is 0. The third kappa shape index (κ3) is 19.0. The van der Waals surface area contributed by atoms with Gasteiger partial charge in [-0.25, -0.2) is 4.39 Å². The van der Waals surface area contributed by atoms with E-state index in [1.807, 2.05) is 13.8 Å². The molecular weight excluding hydrogens is 117 g/mol. The Bertz CT molecular complexity index is 86.9. The van der Waals surface area contributed by atoms with Crippen LogP contribution in [-0.4, -0.2) is 7.05 Å². The predicted octanol–water partition coefficient (Wildman–Crippen LogP) is 2.23. The minimum Gasteiger partial charge on any atom is -0.394 e. The summed E-state index contributed by atoms with van der Waals surface area (Å²) in [5.41, 5.74) is 0. The lowest BCUT2D eigenvalue weighted by molar-refractivity contribution is 0.670. The van der Waals surface area contributed by atoms with E-state index >= 15 is 0 Å². The largest absolute Gasteiger partial charge is 0.394 e. The molecule has 0 unspecified atom stereocenters. The molecule has 1 nitrogen and oxygen atoms in total. The van der Waals surface area contributed by atoms with E-state index in [0.29, 0.717) is 0 Å². The quantitative estimate of drug-likeness (QED) is 0.567. The molecule has 0 aromatic rings. The van der Waals surface area contributed by atoms with Gasteiger partial charge < -0.3 is 5.32 Å². The van der Waals surface area contributed by atoms with Crippen molar-refractivity contribution in [2.45, 2.75) is 13.8 Å². The van der Waals surface area contributed by atoms with Gasteiger partial charge in [-0.2, -0.15) is 0 Å². The molecule has 2 heteroatoms. The zero-order chi connectivity index (χ0) is 7.70. The Hall–Kier alpha value is -0.790. The van der Waals surface area contributed by atoms with Crippen LogP contribution in [0.25, 0.3) is 0 Å². The van der Waals surface area contributed by atoms with Crippen LogP contribution in [0.2, 0.25) is 0 Å². The van der Waals surface area contributed by atoms with Crippen molar-refractivity contribution < 1.29 is 4.39 Å². The summed E-state index contributed by atoms with van der Waals surface area (Å²) in [4.78, 5) is 0. The second-order valence-electron chi connectivity index (χ2n) is 1.07. The van der Waals surface area contributed by atoms with Gasteiger partial charge in [-0.3, -0.25) is 0 Å². The van der Waals surface area contributed by atoms with Gasteiger partial charge in [0.05, 0.1) is 0 Å². The van der Waals surface area contributed by atoms with Crippen LogP contribution >= 0.6 is 0 Å².